The maximum absolute atomic E-state index is 12.4. The van der Waals surface area contributed by atoms with E-state index in [1.807, 2.05) is 40.8 Å². The number of aromatic nitrogens is 1. The van der Waals surface area contributed by atoms with Crippen molar-refractivity contribution >= 4 is 22.8 Å². The van der Waals surface area contributed by atoms with Crippen LogP contribution in [-0.2, 0) is 16.6 Å². The third-order valence-electron chi connectivity index (χ3n) is 4.67. The molecule has 0 bridgehead atoms. The van der Waals surface area contributed by atoms with Crippen molar-refractivity contribution in [3.63, 3.8) is 0 Å². The van der Waals surface area contributed by atoms with Crippen LogP contribution >= 0.6 is 0 Å². The summed E-state index contributed by atoms with van der Waals surface area (Å²) in [5.74, 6) is 0.429. The van der Waals surface area contributed by atoms with Gasteiger partial charge in [0.15, 0.2) is 6.61 Å². The van der Waals surface area contributed by atoms with Crippen molar-refractivity contribution in [1.29, 1.82) is 0 Å². The van der Waals surface area contributed by atoms with E-state index >= 15 is 0 Å². The Morgan fingerprint density at radius 3 is 2.54 bits per heavy atom. The second-order valence-electron chi connectivity index (χ2n) is 6.99. The topological polar surface area (TPSA) is 51.5 Å². The van der Waals surface area contributed by atoms with E-state index in [1.54, 1.807) is 6.20 Å². The summed E-state index contributed by atoms with van der Waals surface area (Å²) in [5, 5.41) is 0.845. The van der Waals surface area contributed by atoms with Crippen LogP contribution in [0.25, 0.3) is 10.9 Å². The summed E-state index contributed by atoms with van der Waals surface area (Å²) in [6.07, 6.45) is 2.89. The quantitative estimate of drug-likeness (QED) is 0.814. The molecule has 1 aliphatic rings. The fraction of sp³-hybridized carbons (Fsp3) is 0.474. The molecule has 0 aliphatic carbocycles. The molecule has 0 radical (unpaired) electrons. The van der Waals surface area contributed by atoms with Crippen molar-refractivity contribution in [1.82, 2.24) is 9.47 Å². The fourth-order valence-corrected chi connectivity index (χ4v) is 3.67. The maximum Gasteiger partial charge on any atom is 0.340 e. The molecule has 0 unspecified atom stereocenters. The minimum absolute atomic E-state index is 0.109. The first-order valence-corrected chi connectivity index (χ1v) is 8.44. The number of carbonyl (C=O) groups is 2. The number of esters is 1. The number of rotatable bonds is 3. The third kappa shape index (κ3) is 3.30. The summed E-state index contributed by atoms with van der Waals surface area (Å²) in [7, 11) is 1.89. The smallest absolute Gasteiger partial charge is 0.340 e. The first kappa shape index (κ1) is 16.6. The predicted molar refractivity (Wildman–Crippen MR) is 92.7 cm³/mol. The molecule has 0 spiro atoms. The summed E-state index contributed by atoms with van der Waals surface area (Å²) in [4.78, 5) is 26.5. The molecule has 3 rings (SSSR count). The molecule has 5 heteroatoms. The van der Waals surface area contributed by atoms with Crippen molar-refractivity contribution in [2.45, 2.75) is 20.3 Å². The second kappa shape index (κ2) is 6.67. The molecule has 1 saturated heterocycles. The van der Waals surface area contributed by atoms with E-state index in [1.165, 1.54) is 0 Å². The number of ether oxygens (including phenoxy) is 1. The van der Waals surface area contributed by atoms with Crippen LogP contribution in [-0.4, -0.2) is 41.0 Å². The summed E-state index contributed by atoms with van der Waals surface area (Å²) in [5.41, 5.74) is 1.47. The monoisotopic (exact) mass is 328 g/mol. The Morgan fingerprint density at radius 2 is 1.83 bits per heavy atom. The molecule has 1 aromatic carbocycles. The van der Waals surface area contributed by atoms with Crippen LogP contribution in [0.2, 0.25) is 0 Å². The van der Waals surface area contributed by atoms with Crippen LogP contribution in [0.3, 0.4) is 0 Å². The number of amides is 1. The van der Waals surface area contributed by atoms with E-state index < -0.39 is 5.97 Å². The number of aryl methyl sites for hydroxylation is 1. The van der Waals surface area contributed by atoms with E-state index in [0.29, 0.717) is 17.4 Å². The lowest BCUT2D eigenvalue weighted by atomic mass is 9.92. The van der Waals surface area contributed by atoms with Gasteiger partial charge in [-0.2, -0.15) is 0 Å². The van der Waals surface area contributed by atoms with Crippen LogP contribution < -0.4 is 0 Å². The lowest BCUT2D eigenvalue weighted by Gasteiger charge is -2.34. The Kier molecular flexibility index (Phi) is 4.60. The van der Waals surface area contributed by atoms with Crippen LogP contribution in [0.5, 0.6) is 0 Å². The third-order valence-corrected chi connectivity index (χ3v) is 4.67. The Balaban J connectivity index is 1.65. The summed E-state index contributed by atoms with van der Waals surface area (Å²) in [6.45, 7) is 5.60. The first-order chi connectivity index (χ1) is 11.5. The molecular formula is C19H24N2O3. The Labute approximate surface area is 142 Å². The molecule has 2 aromatic rings. The van der Waals surface area contributed by atoms with Crippen molar-refractivity contribution in [3.8, 4) is 0 Å². The molecule has 24 heavy (non-hydrogen) atoms. The number of benzene rings is 1. The van der Waals surface area contributed by atoms with Crippen molar-refractivity contribution in [2.75, 3.05) is 19.7 Å². The van der Waals surface area contributed by atoms with E-state index in [9.17, 15) is 9.59 Å². The number of piperidine rings is 1. The van der Waals surface area contributed by atoms with Gasteiger partial charge in [-0.25, -0.2) is 4.79 Å². The number of carbonyl (C=O) groups excluding carboxylic acids is 2. The van der Waals surface area contributed by atoms with Gasteiger partial charge in [0.05, 0.1) is 5.56 Å². The van der Waals surface area contributed by atoms with E-state index in [2.05, 4.69) is 13.8 Å². The number of likely N-dealkylation sites (tertiary alicyclic amines) is 1. The predicted octanol–water partition coefficient (Wildman–Crippen LogP) is 2.84. The van der Waals surface area contributed by atoms with E-state index in [-0.39, 0.29) is 12.5 Å². The molecular weight excluding hydrogens is 304 g/mol. The molecule has 1 aliphatic heterocycles. The largest absolute Gasteiger partial charge is 0.452 e. The van der Waals surface area contributed by atoms with E-state index in [4.69, 9.17) is 4.74 Å². The lowest BCUT2D eigenvalue weighted by Crippen LogP contribution is -2.44. The van der Waals surface area contributed by atoms with Crippen LogP contribution in [0.15, 0.2) is 30.5 Å². The standard InChI is InChI=1S/C19H24N2O3/c1-13-8-14(2)10-21(9-13)18(22)12-24-19(23)16-11-20(3)17-7-5-4-6-15(16)17/h4-7,11,13-14H,8-10,12H2,1-3H3/t13-,14+. The number of hydrogen-bond acceptors (Lipinski definition) is 3. The maximum atomic E-state index is 12.4. The van der Waals surface area contributed by atoms with Gasteiger partial charge in [0.25, 0.3) is 5.91 Å². The zero-order valence-electron chi connectivity index (χ0n) is 14.5. The average molecular weight is 328 g/mol. The van der Waals surface area contributed by atoms with Gasteiger partial charge < -0.3 is 14.2 Å². The highest BCUT2D eigenvalue weighted by Crippen LogP contribution is 2.22. The van der Waals surface area contributed by atoms with Gasteiger partial charge in [0.1, 0.15) is 0 Å². The van der Waals surface area contributed by atoms with Crippen LogP contribution in [0.4, 0.5) is 0 Å². The van der Waals surface area contributed by atoms with Crippen LogP contribution in [0.1, 0.15) is 30.6 Å². The lowest BCUT2D eigenvalue weighted by molar-refractivity contribution is -0.137. The molecule has 0 saturated carbocycles. The van der Waals surface area contributed by atoms with Gasteiger partial charge in [-0.3, -0.25) is 4.79 Å². The average Bonchev–Trinajstić information content (AvgIpc) is 2.89. The molecule has 2 atom stereocenters. The first-order valence-electron chi connectivity index (χ1n) is 8.44. The number of hydrogen-bond donors (Lipinski definition) is 0. The highest BCUT2D eigenvalue weighted by Gasteiger charge is 2.26. The highest BCUT2D eigenvalue weighted by molar-refractivity contribution is 6.04. The molecule has 128 valence electrons. The minimum Gasteiger partial charge on any atom is -0.452 e. The zero-order valence-corrected chi connectivity index (χ0v) is 14.5. The Bertz CT molecular complexity index is 755. The summed E-state index contributed by atoms with van der Waals surface area (Å²) < 4.78 is 7.18. The molecule has 1 amide bonds. The molecule has 2 heterocycles. The van der Waals surface area contributed by atoms with Crippen molar-refractivity contribution in [2.24, 2.45) is 18.9 Å². The van der Waals surface area contributed by atoms with Gasteiger partial charge in [0, 0.05) is 37.2 Å². The summed E-state index contributed by atoms with van der Waals surface area (Å²) in [6, 6.07) is 7.66. The summed E-state index contributed by atoms with van der Waals surface area (Å²) >= 11 is 0. The zero-order chi connectivity index (χ0) is 17.3. The van der Waals surface area contributed by atoms with Gasteiger partial charge in [-0.1, -0.05) is 32.0 Å². The fourth-order valence-electron chi connectivity index (χ4n) is 3.67. The van der Waals surface area contributed by atoms with Gasteiger partial charge >= 0.3 is 5.97 Å². The number of fused-ring (bicyclic) bond motifs is 1. The molecule has 5 nitrogen and oxygen atoms in total. The van der Waals surface area contributed by atoms with Gasteiger partial charge in [-0.05, 0) is 24.3 Å². The molecule has 1 aromatic heterocycles. The number of nitrogens with zero attached hydrogens (tertiary/aromatic N) is 2. The second-order valence-corrected chi connectivity index (χ2v) is 6.99. The highest BCUT2D eigenvalue weighted by atomic mass is 16.5. The number of para-hydroxylation sites is 1. The van der Waals surface area contributed by atoms with Gasteiger partial charge in [0.2, 0.25) is 0 Å². The Morgan fingerprint density at radius 1 is 1.17 bits per heavy atom. The normalized spacial score (nSPS) is 21.0. The molecule has 1 fully saturated rings. The molecule has 0 N–H and O–H groups in total. The minimum atomic E-state index is -0.446. The Hall–Kier alpha value is -2.30. The van der Waals surface area contributed by atoms with Gasteiger partial charge in [-0.15, -0.1) is 0 Å². The van der Waals surface area contributed by atoms with E-state index in [0.717, 1.165) is 30.4 Å². The SMILES string of the molecule is C[C@@H]1C[C@H](C)CN(C(=O)COC(=O)c2cn(C)c3ccccc23)C1. The van der Waals surface area contributed by atoms with Crippen molar-refractivity contribution in [3.05, 3.63) is 36.0 Å². The van der Waals surface area contributed by atoms with Crippen molar-refractivity contribution < 1.29 is 14.3 Å². The van der Waals surface area contributed by atoms with Crippen LogP contribution in [0, 0.1) is 11.8 Å².